The van der Waals surface area contributed by atoms with Crippen molar-refractivity contribution in [1.82, 2.24) is 10.6 Å². The van der Waals surface area contributed by atoms with Gasteiger partial charge in [0.25, 0.3) is 0 Å². The van der Waals surface area contributed by atoms with Crippen LogP contribution >= 0.6 is 0 Å². The number of hydrogen-bond donors (Lipinski definition) is 2. The molecule has 0 bridgehead atoms. The second-order valence-electron chi connectivity index (χ2n) is 5.56. The maximum Gasteiger partial charge on any atom is 0.223 e. The Labute approximate surface area is 120 Å². The summed E-state index contributed by atoms with van der Waals surface area (Å²) in [7, 11) is 0. The Balaban J connectivity index is 1.70. The quantitative estimate of drug-likeness (QED) is 0.863. The highest BCUT2D eigenvalue weighted by Gasteiger charge is 2.22. The van der Waals surface area contributed by atoms with Crippen molar-refractivity contribution in [2.45, 2.75) is 32.7 Å². The summed E-state index contributed by atoms with van der Waals surface area (Å²) in [5.74, 6) is 1.43. The smallest absolute Gasteiger partial charge is 0.223 e. The number of ether oxygens (including phenoxy) is 1. The van der Waals surface area contributed by atoms with E-state index in [4.69, 9.17) is 4.74 Å². The van der Waals surface area contributed by atoms with Crippen LogP contribution in [-0.4, -0.2) is 31.6 Å². The van der Waals surface area contributed by atoms with Crippen LogP contribution in [0, 0.1) is 12.8 Å². The van der Waals surface area contributed by atoms with E-state index in [1.165, 1.54) is 0 Å². The molecule has 1 fully saturated rings. The molecular formula is C16H24N2O2. The predicted octanol–water partition coefficient (Wildman–Crippen LogP) is 1.88. The zero-order valence-corrected chi connectivity index (χ0v) is 12.3. The van der Waals surface area contributed by atoms with Gasteiger partial charge in [-0.05, 0) is 43.5 Å². The fourth-order valence-corrected chi connectivity index (χ4v) is 2.43. The topological polar surface area (TPSA) is 50.4 Å². The molecule has 110 valence electrons. The van der Waals surface area contributed by atoms with Crippen molar-refractivity contribution in [3.05, 3.63) is 29.8 Å². The van der Waals surface area contributed by atoms with Crippen LogP contribution in [0.2, 0.25) is 0 Å². The van der Waals surface area contributed by atoms with Gasteiger partial charge in [0, 0.05) is 12.6 Å². The molecule has 1 heterocycles. The molecule has 0 saturated carbocycles. The third-order valence-electron chi connectivity index (χ3n) is 3.76. The lowest BCUT2D eigenvalue weighted by atomic mass is 9.95. The molecule has 1 aromatic carbocycles. The molecule has 20 heavy (non-hydrogen) atoms. The van der Waals surface area contributed by atoms with Crippen molar-refractivity contribution in [3.8, 4) is 5.75 Å². The van der Waals surface area contributed by atoms with Crippen LogP contribution in [0.1, 0.15) is 25.3 Å². The average molecular weight is 276 g/mol. The van der Waals surface area contributed by atoms with Gasteiger partial charge in [-0.25, -0.2) is 0 Å². The molecule has 0 radical (unpaired) electrons. The minimum absolute atomic E-state index is 0.0678. The highest BCUT2D eigenvalue weighted by Crippen LogP contribution is 2.13. The van der Waals surface area contributed by atoms with E-state index >= 15 is 0 Å². The van der Waals surface area contributed by atoms with Crippen molar-refractivity contribution in [2.75, 3.05) is 19.7 Å². The molecule has 1 aliphatic rings. The summed E-state index contributed by atoms with van der Waals surface area (Å²) < 4.78 is 5.60. The summed E-state index contributed by atoms with van der Waals surface area (Å²) in [6, 6.07) is 8.12. The molecule has 4 heteroatoms. The number of carbonyl (C=O) groups is 1. The van der Waals surface area contributed by atoms with Crippen molar-refractivity contribution < 1.29 is 9.53 Å². The molecule has 0 spiro atoms. The number of hydrogen-bond acceptors (Lipinski definition) is 3. The van der Waals surface area contributed by atoms with Gasteiger partial charge in [0.2, 0.25) is 5.91 Å². The van der Waals surface area contributed by atoms with Crippen molar-refractivity contribution in [1.29, 1.82) is 0 Å². The first kappa shape index (κ1) is 14.9. The van der Waals surface area contributed by atoms with Gasteiger partial charge in [-0.3, -0.25) is 4.79 Å². The van der Waals surface area contributed by atoms with Gasteiger partial charge in [0.05, 0.1) is 13.0 Å². The summed E-state index contributed by atoms with van der Waals surface area (Å²) >= 11 is 0. The molecule has 0 aliphatic carbocycles. The van der Waals surface area contributed by atoms with Crippen LogP contribution in [0.3, 0.4) is 0 Å². The Morgan fingerprint density at radius 1 is 1.50 bits per heavy atom. The lowest BCUT2D eigenvalue weighted by molar-refractivity contribution is -0.122. The van der Waals surface area contributed by atoms with Crippen LogP contribution in [0.25, 0.3) is 0 Å². The van der Waals surface area contributed by atoms with Gasteiger partial charge in [-0.2, -0.15) is 0 Å². The minimum atomic E-state index is 0.0678. The number of carbonyl (C=O) groups excluding carboxylic acids is 1. The maximum atomic E-state index is 11.9. The van der Waals surface area contributed by atoms with Gasteiger partial charge in [0.15, 0.2) is 0 Å². The maximum absolute atomic E-state index is 11.9. The highest BCUT2D eigenvalue weighted by molar-refractivity contribution is 5.76. The Morgan fingerprint density at radius 3 is 3.10 bits per heavy atom. The molecule has 4 nitrogen and oxygen atoms in total. The van der Waals surface area contributed by atoms with E-state index in [1.54, 1.807) is 0 Å². The number of piperidine rings is 1. The normalized spacial score (nSPS) is 22.3. The first-order valence-corrected chi connectivity index (χ1v) is 7.34. The van der Waals surface area contributed by atoms with Gasteiger partial charge in [0.1, 0.15) is 5.75 Å². The number of amides is 1. The second kappa shape index (κ2) is 7.29. The standard InChI is InChI=1S/C16H24N2O2/c1-12-4-3-5-14(10-12)20-9-7-16(19)18-15-11-17-8-6-13(15)2/h3-5,10,13,15,17H,6-9,11H2,1-2H3,(H,18,19). The monoisotopic (exact) mass is 276 g/mol. The molecule has 2 atom stereocenters. The third kappa shape index (κ3) is 4.53. The Kier molecular flexibility index (Phi) is 5.41. The molecule has 1 saturated heterocycles. The first-order chi connectivity index (χ1) is 9.65. The van der Waals surface area contributed by atoms with E-state index in [2.05, 4.69) is 17.6 Å². The Hall–Kier alpha value is -1.55. The van der Waals surface area contributed by atoms with Crippen molar-refractivity contribution >= 4 is 5.91 Å². The number of nitrogens with one attached hydrogen (secondary N) is 2. The molecular weight excluding hydrogens is 252 g/mol. The fourth-order valence-electron chi connectivity index (χ4n) is 2.43. The predicted molar refractivity (Wildman–Crippen MR) is 79.9 cm³/mol. The SMILES string of the molecule is Cc1cccc(OCCC(=O)NC2CNCCC2C)c1. The number of aryl methyl sites for hydroxylation is 1. The summed E-state index contributed by atoms with van der Waals surface area (Å²) in [5.41, 5.74) is 1.16. The fraction of sp³-hybridized carbons (Fsp3) is 0.562. The number of rotatable bonds is 5. The zero-order chi connectivity index (χ0) is 14.4. The second-order valence-corrected chi connectivity index (χ2v) is 5.56. The van der Waals surface area contributed by atoms with Crippen LogP contribution in [0.4, 0.5) is 0 Å². The van der Waals surface area contributed by atoms with Gasteiger partial charge in [-0.1, -0.05) is 19.1 Å². The van der Waals surface area contributed by atoms with Gasteiger partial charge >= 0.3 is 0 Å². The Bertz CT molecular complexity index is 448. The third-order valence-corrected chi connectivity index (χ3v) is 3.76. The van der Waals surface area contributed by atoms with E-state index < -0.39 is 0 Å². The van der Waals surface area contributed by atoms with Crippen LogP contribution in [0.15, 0.2) is 24.3 Å². The van der Waals surface area contributed by atoms with E-state index in [9.17, 15) is 4.79 Å². The zero-order valence-electron chi connectivity index (χ0n) is 12.3. The molecule has 0 aromatic heterocycles. The van der Waals surface area contributed by atoms with E-state index in [1.807, 2.05) is 31.2 Å². The van der Waals surface area contributed by atoms with Gasteiger partial charge < -0.3 is 15.4 Å². The van der Waals surface area contributed by atoms with Gasteiger partial charge in [-0.15, -0.1) is 0 Å². The average Bonchev–Trinajstić information content (AvgIpc) is 2.41. The molecule has 2 unspecified atom stereocenters. The van der Waals surface area contributed by atoms with E-state index in [-0.39, 0.29) is 11.9 Å². The first-order valence-electron chi connectivity index (χ1n) is 7.34. The summed E-state index contributed by atoms with van der Waals surface area (Å²) in [5, 5.41) is 6.40. The largest absolute Gasteiger partial charge is 0.493 e. The molecule has 2 rings (SSSR count). The highest BCUT2D eigenvalue weighted by atomic mass is 16.5. The molecule has 1 aliphatic heterocycles. The molecule has 1 aromatic rings. The molecule has 2 N–H and O–H groups in total. The lowest BCUT2D eigenvalue weighted by Crippen LogP contribution is -2.50. The Morgan fingerprint density at radius 2 is 2.35 bits per heavy atom. The van der Waals surface area contributed by atoms with Crippen molar-refractivity contribution in [3.63, 3.8) is 0 Å². The van der Waals surface area contributed by atoms with E-state index in [0.717, 1.165) is 30.8 Å². The van der Waals surface area contributed by atoms with Crippen LogP contribution in [-0.2, 0) is 4.79 Å². The summed E-state index contributed by atoms with van der Waals surface area (Å²) in [6.45, 7) is 6.55. The van der Waals surface area contributed by atoms with Crippen LogP contribution in [0.5, 0.6) is 5.75 Å². The van der Waals surface area contributed by atoms with Crippen molar-refractivity contribution in [2.24, 2.45) is 5.92 Å². The van der Waals surface area contributed by atoms with Crippen LogP contribution < -0.4 is 15.4 Å². The lowest BCUT2D eigenvalue weighted by Gasteiger charge is -2.30. The summed E-state index contributed by atoms with van der Waals surface area (Å²) in [4.78, 5) is 11.9. The molecule has 1 amide bonds. The summed E-state index contributed by atoms with van der Waals surface area (Å²) in [6.07, 6.45) is 1.52. The number of benzene rings is 1. The minimum Gasteiger partial charge on any atom is -0.493 e. The van der Waals surface area contributed by atoms with E-state index in [0.29, 0.717) is 18.9 Å².